The molecule has 0 aliphatic heterocycles. The van der Waals surface area contributed by atoms with Gasteiger partial charge in [-0.1, -0.05) is 23.7 Å². The molecule has 0 bridgehead atoms. The van der Waals surface area contributed by atoms with Crippen LogP contribution < -0.4 is 5.32 Å². The summed E-state index contributed by atoms with van der Waals surface area (Å²) >= 11 is 7.71. The molecule has 0 radical (unpaired) electrons. The number of hydrogen-bond acceptors (Lipinski definition) is 3. The zero-order valence-electron chi connectivity index (χ0n) is 9.25. The molecule has 2 rings (SSSR count). The van der Waals surface area contributed by atoms with Gasteiger partial charge in [-0.3, -0.25) is 0 Å². The van der Waals surface area contributed by atoms with Crippen molar-refractivity contribution in [1.29, 1.82) is 0 Å². The first-order valence-corrected chi connectivity index (χ1v) is 6.27. The van der Waals surface area contributed by atoms with Crippen LogP contribution in [0.3, 0.4) is 0 Å². The van der Waals surface area contributed by atoms with Crippen LogP contribution in [0.2, 0.25) is 5.02 Å². The Labute approximate surface area is 104 Å². The van der Waals surface area contributed by atoms with E-state index in [-0.39, 0.29) is 0 Å². The number of halogens is 1. The van der Waals surface area contributed by atoms with Gasteiger partial charge >= 0.3 is 0 Å². The fraction of sp³-hybridized carbons (Fsp3) is 0.250. The van der Waals surface area contributed by atoms with E-state index in [4.69, 9.17) is 11.6 Å². The van der Waals surface area contributed by atoms with Gasteiger partial charge in [-0.05, 0) is 31.7 Å². The van der Waals surface area contributed by atoms with Gasteiger partial charge in [0.1, 0.15) is 0 Å². The topological polar surface area (TPSA) is 24.9 Å². The number of benzene rings is 1. The van der Waals surface area contributed by atoms with E-state index in [0.29, 0.717) is 0 Å². The number of aromatic nitrogens is 1. The van der Waals surface area contributed by atoms with Crippen LogP contribution in [0.25, 0.3) is 10.4 Å². The molecule has 0 atom stereocenters. The first kappa shape index (κ1) is 11.6. The molecule has 0 saturated heterocycles. The number of aryl methyl sites for hydroxylation is 1. The van der Waals surface area contributed by atoms with E-state index < -0.39 is 0 Å². The molecule has 2 aromatic rings. The van der Waals surface area contributed by atoms with Crippen LogP contribution in [-0.4, -0.2) is 12.0 Å². The summed E-state index contributed by atoms with van der Waals surface area (Å²) in [6.45, 7) is 2.81. The number of rotatable bonds is 3. The van der Waals surface area contributed by atoms with Crippen LogP contribution in [-0.2, 0) is 6.54 Å². The lowest BCUT2D eigenvalue weighted by Gasteiger charge is -2.02. The monoisotopic (exact) mass is 252 g/mol. The summed E-state index contributed by atoms with van der Waals surface area (Å²) < 4.78 is 0. The fourth-order valence-electron chi connectivity index (χ4n) is 1.61. The maximum atomic E-state index is 6.00. The van der Waals surface area contributed by atoms with Gasteiger partial charge in [0.05, 0.1) is 15.6 Å². The van der Waals surface area contributed by atoms with E-state index in [1.165, 1.54) is 4.88 Å². The van der Waals surface area contributed by atoms with Crippen LogP contribution in [0.15, 0.2) is 24.3 Å². The average molecular weight is 253 g/mol. The van der Waals surface area contributed by atoms with Gasteiger partial charge in [0.25, 0.3) is 0 Å². The molecule has 1 N–H and O–H groups in total. The van der Waals surface area contributed by atoms with Crippen LogP contribution in [0, 0.1) is 6.92 Å². The second-order valence-corrected chi connectivity index (χ2v) is 5.19. The van der Waals surface area contributed by atoms with Crippen LogP contribution in [0.1, 0.15) is 10.7 Å². The molecule has 0 aliphatic carbocycles. The van der Waals surface area contributed by atoms with E-state index >= 15 is 0 Å². The third kappa shape index (κ3) is 2.43. The van der Waals surface area contributed by atoms with Gasteiger partial charge in [-0.2, -0.15) is 0 Å². The third-order valence-corrected chi connectivity index (χ3v) is 3.53. The van der Waals surface area contributed by atoms with E-state index in [0.717, 1.165) is 27.8 Å². The molecule has 84 valence electrons. The first-order chi connectivity index (χ1) is 7.70. The van der Waals surface area contributed by atoms with Crippen molar-refractivity contribution < 1.29 is 0 Å². The van der Waals surface area contributed by atoms with Crippen LogP contribution >= 0.6 is 22.9 Å². The smallest absolute Gasteiger partial charge is 0.0904 e. The Morgan fingerprint density at radius 1 is 1.44 bits per heavy atom. The Kier molecular flexibility index (Phi) is 3.59. The van der Waals surface area contributed by atoms with Crippen molar-refractivity contribution in [1.82, 2.24) is 10.3 Å². The van der Waals surface area contributed by atoms with Crippen LogP contribution in [0.4, 0.5) is 0 Å². The standard InChI is InChI=1S/C12H13ClN2S/c1-8-15-11(7-14-2)12(16-8)9-4-3-5-10(13)6-9/h3-6,14H,7H2,1-2H3. The predicted octanol–water partition coefficient (Wildman–Crippen LogP) is 3.49. The Morgan fingerprint density at radius 2 is 2.25 bits per heavy atom. The Bertz CT molecular complexity index is 494. The Balaban J connectivity index is 2.46. The van der Waals surface area contributed by atoms with Crippen molar-refractivity contribution in [2.45, 2.75) is 13.5 Å². The van der Waals surface area contributed by atoms with Crippen molar-refractivity contribution in [2.75, 3.05) is 7.05 Å². The highest BCUT2D eigenvalue weighted by atomic mass is 35.5. The zero-order valence-corrected chi connectivity index (χ0v) is 10.8. The SMILES string of the molecule is CNCc1nc(C)sc1-c1cccc(Cl)c1. The number of thiazole rings is 1. The molecule has 1 aromatic heterocycles. The third-order valence-electron chi connectivity index (χ3n) is 2.24. The van der Waals surface area contributed by atoms with Gasteiger partial charge in [0.2, 0.25) is 0 Å². The second kappa shape index (κ2) is 4.95. The summed E-state index contributed by atoms with van der Waals surface area (Å²) in [5.41, 5.74) is 2.23. The highest BCUT2D eigenvalue weighted by Crippen LogP contribution is 2.31. The molecular weight excluding hydrogens is 240 g/mol. The molecule has 16 heavy (non-hydrogen) atoms. The van der Waals surface area contributed by atoms with Crippen molar-refractivity contribution in [3.05, 3.63) is 40.0 Å². The molecule has 1 aromatic carbocycles. The molecule has 0 unspecified atom stereocenters. The van der Waals surface area contributed by atoms with Gasteiger partial charge < -0.3 is 5.32 Å². The van der Waals surface area contributed by atoms with Gasteiger partial charge in [0.15, 0.2) is 0 Å². The molecule has 0 saturated carbocycles. The molecule has 0 amide bonds. The summed E-state index contributed by atoms with van der Waals surface area (Å²) in [7, 11) is 1.93. The lowest BCUT2D eigenvalue weighted by atomic mass is 10.1. The summed E-state index contributed by atoms with van der Waals surface area (Å²) in [6.07, 6.45) is 0. The molecular formula is C12H13ClN2S. The fourth-order valence-corrected chi connectivity index (χ4v) is 2.73. The van der Waals surface area contributed by atoms with Gasteiger partial charge in [-0.25, -0.2) is 4.98 Å². The molecule has 0 fully saturated rings. The highest BCUT2D eigenvalue weighted by molar-refractivity contribution is 7.15. The number of nitrogens with zero attached hydrogens (tertiary/aromatic N) is 1. The Morgan fingerprint density at radius 3 is 2.94 bits per heavy atom. The lowest BCUT2D eigenvalue weighted by Crippen LogP contribution is -2.06. The zero-order chi connectivity index (χ0) is 11.5. The normalized spacial score (nSPS) is 10.7. The Hall–Kier alpha value is -0.900. The van der Waals surface area contributed by atoms with E-state index in [2.05, 4.69) is 16.4 Å². The summed E-state index contributed by atoms with van der Waals surface area (Å²) in [6, 6.07) is 7.90. The van der Waals surface area contributed by atoms with Gasteiger partial charge in [-0.15, -0.1) is 11.3 Å². The molecule has 4 heteroatoms. The van der Waals surface area contributed by atoms with Crippen LogP contribution in [0.5, 0.6) is 0 Å². The predicted molar refractivity (Wildman–Crippen MR) is 70.1 cm³/mol. The molecule has 0 aliphatic rings. The minimum Gasteiger partial charge on any atom is -0.314 e. The van der Waals surface area contributed by atoms with E-state index in [1.807, 2.05) is 32.2 Å². The van der Waals surface area contributed by atoms with Gasteiger partial charge in [0, 0.05) is 11.6 Å². The minimum atomic E-state index is 0.763. The summed E-state index contributed by atoms with van der Waals surface area (Å²) in [5.74, 6) is 0. The summed E-state index contributed by atoms with van der Waals surface area (Å²) in [4.78, 5) is 5.72. The maximum Gasteiger partial charge on any atom is 0.0904 e. The highest BCUT2D eigenvalue weighted by Gasteiger charge is 2.10. The minimum absolute atomic E-state index is 0.763. The maximum absolute atomic E-state index is 6.00. The number of nitrogens with one attached hydrogen (secondary N) is 1. The largest absolute Gasteiger partial charge is 0.314 e. The van der Waals surface area contributed by atoms with Crippen molar-refractivity contribution in [3.8, 4) is 10.4 Å². The molecule has 1 heterocycles. The van der Waals surface area contributed by atoms with Crippen molar-refractivity contribution in [2.24, 2.45) is 0 Å². The quantitative estimate of drug-likeness (QED) is 0.905. The van der Waals surface area contributed by atoms with E-state index in [9.17, 15) is 0 Å². The first-order valence-electron chi connectivity index (χ1n) is 5.07. The van der Waals surface area contributed by atoms with Crippen molar-refractivity contribution >= 4 is 22.9 Å². The average Bonchev–Trinajstić information content (AvgIpc) is 2.60. The molecule has 2 nitrogen and oxygen atoms in total. The number of hydrogen-bond donors (Lipinski definition) is 1. The van der Waals surface area contributed by atoms with E-state index in [1.54, 1.807) is 11.3 Å². The second-order valence-electron chi connectivity index (χ2n) is 3.55. The van der Waals surface area contributed by atoms with Crippen molar-refractivity contribution in [3.63, 3.8) is 0 Å². The summed E-state index contributed by atoms with van der Waals surface area (Å²) in [5, 5.41) is 4.98. The molecule has 0 spiro atoms. The lowest BCUT2D eigenvalue weighted by molar-refractivity contribution is 0.796.